The number of ketones is 1. The van der Waals surface area contributed by atoms with Gasteiger partial charge in [-0.25, -0.2) is 4.39 Å². The minimum atomic E-state index is -0.634. The molecule has 0 fully saturated rings. The van der Waals surface area contributed by atoms with Crippen molar-refractivity contribution in [3.05, 3.63) is 34.3 Å². The largest absolute Gasteiger partial charge is 0.298 e. The second kappa shape index (κ2) is 5.47. The lowest BCUT2D eigenvalue weighted by Crippen LogP contribution is -2.05. The fourth-order valence-electron chi connectivity index (χ4n) is 1.18. The Morgan fingerprint density at radius 3 is 2.79 bits per heavy atom. The highest BCUT2D eigenvalue weighted by Crippen LogP contribution is 2.21. The van der Waals surface area contributed by atoms with Gasteiger partial charge >= 0.3 is 0 Å². The highest BCUT2D eigenvalue weighted by atomic mass is 79.9. The van der Waals surface area contributed by atoms with Crippen LogP contribution in [0.25, 0.3) is 0 Å². The van der Waals surface area contributed by atoms with Gasteiger partial charge in [0.15, 0.2) is 0 Å². The van der Waals surface area contributed by atoms with Crippen molar-refractivity contribution in [1.29, 1.82) is 0 Å². The van der Waals surface area contributed by atoms with Crippen molar-refractivity contribution in [3.63, 3.8) is 0 Å². The molecule has 4 heteroatoms. The van der Waals surface area contributed by atoms with Crippen molar-refractivity contribution < 1.29 is 9.18 Å². The van der Waals surface area contributed by atoms with E-state index in [4.69, 9.17) is 11.6 Å². The van der Waals surface area contributed by atoms with Crippen molar-refractivity contribution >= 4 is 33.3 Å². The molecule has 0 aliphatic heterocycles. The van der Waals surface area contributed by atoms with E-state index in [1.165, 1.54) is 0 Å². The van der Waals surface area contributed by atoms with Gasteiger partial charge < -0.3 is 0 Å². The molecule has 0 bridgehead atoms. The molecule has 1 nitrogen and oxygen atoms in total. The molecule has 0 spiro atoms. The molecule has 0 saturated carbocycles. The lowest BCUT2D eigenvalue weighted by Gasteiger charge is -2.06. The van der Waals surface area contributed by atoms with Crippen molar-refractivity contribution in [2.24, 2.45) is 0 Å². The zero-order valence-corrected chi connectivity index (χ0v) is 9.74. The van der Waals surface area contributed by atoms with Gasteiger partial charge in [-0.2, -0.15) is 0 Å². The van der Waals surface area contributed by atoms with Crippen LogP contribution < -0.4 is 0 Å². The molecule has 0 aliphatic carbocycles. The molecule has 0 N–H and O–H groups in total. The fraction of sp³-hybridized carbons (Fsp3) is 0.300. The van der Waals surface area contributed by atoms with Crippen LogP contribution in [0, 0.1) is 0 Å². The standard InChI is InChI=1S/C10H9BrClFO/c11-5-8(14)4-7-2-1-3-10(12)9(7)6-13/h1-3H,4-6H2. The highest BCUT2D eigenvalue weighted by Gasteiger charge is 2.09. The van der Waals surface area contributed by atoms with Crippen molar-refractivity contribution in [3.8, 4) is 0 Å². The number of carbonyl (C=O) groups excluding carboxylic acids is 1. The zero-order valence-electron chi connectivity index (χ0n) is 7.40. The fourth-order valence-corrected chi connectivity index (χ4v) is 1.62. The highest BCUT2D eigenvalue weighted by molar-refractivity contribution is 9.09. The molecule has 1 rings (SSSR count). The quantitative estimate of drug-likeness (QED) is 0.773. The van der Waals surface area contributed by atoms with Crippen LogP contribution in [-0.2, 0) is 17.9 Å². The Hall–Kier alpha value is -0.410. The molecule has 0 unspecified atom stereocenters. The van der Waals surface area contributed by atoms with Gasteiger partial charge in [-0.3, -0.25) is 4.79 Å². The first-order valence-corrected chi connectivity index (χ1v) is 5.59. The van der Waals surface area contributed by atoms with E-state index < -0.39 is 6.67 Å². The maximum absolute atomic E-state index is 12.6. The molecule has 0 aliphatic rings. The average molecular weight is 280 g/mol. The van der Waals surface area contributed by atoms with Crippen molar-refractivity contribution in [2.45, 2.75) is 13.1 Å². The molecule has 0 radical (unpaired) electrons. The number of hydrogen-bond donors (Lipinski definition) is 0. The summed E-state index contributed by atoms with van der Waals surface area (Å²) in [4.78, 5) is 11.1. The third-order valence-corrected chi connectivity index (χ3v) is 2.87. The third kappa shape index (κ3) is 2.79. The van der Waals surface area contributed by atoms with E-state index in [1.54, 1.807) is 18.2 Å². The Morgan fingerprint density at radius 1 is 1.50 bits per heavy atom. The minimum Gasteiger partial charge on any atom is -0.298 e. The summed E-state index contributed by atoms with van der Waals surface area (Å²) in [6, 6.07) is 5.07. The predicted molar refractivity (Wildman–Crippen MR) is 58.8 cm³/mol. The van der Waals surface area contributed by atoms with Crippen molar-refractivity contribution in [1.82, 2.24) is 0 Å². The van der Waals surface area contributed by atoms with Crippen LogP contribution in [0.4, 0.5) is 4.39 Å². The molecule has 0 aromatic heterocycles. The van der Waals surface area contributed by atoms with Crippen LogP contribution in [0.1, 0.15) is 11.1 Å². The SMILES string of the molecule is O=C(CBr)Cc1cccc(Cl)c1CF. The molecular formula is C10H9BrClFO. The van der Waals surface area contributed by atoms with Crippen LogP contribution in [-0.4, -0.2) is 11.1 Å². The van der Waals surface area contributed by atoms with Gasteiger partial charge in [-0.05, 0) is 11.6 Å². The van der Waals surface area contributed by atoms with Crippen LogP contribution in [0.15, 0.2) is 18.2 Å². The lowest BCUT2D eigenvalue weighted by molar-refractivity contribution is -0.115. The summed E-state index contributed by atoms with van der Waals surface area (Å²) >= 11 is 8.85. The van der Waals surface area contributed by atoms with E-state index in [0.717, 1.165) is 0 Å². The third-order valence-electron chi connectivity index (χ3n) is 1.89. The van der Waals surface area contributed by atoms with Gasteiger partial charge in [0, 0.05) is 17.0 Å². The Morgan fingerprint density at radius 2 is 2.21 bits per heavy atom. The molecule has 76 valence electrons. The molecular weight excluding hydrogens is 270 g/mol. The predicted octanol–water partition coefficient (Wildman–Crippen LogP) is 3.32. The maximum Gasteiger partial charge on any atom is 0.147 e. The van der Waals surface area contributed by atoms with Gasteiger partial charge in [0.25, 0.3) is 0 Å². The van der Waals surface area contributed by atoms with E-state index in [1.807, 2.05) is 0 Å². The van der Waals surface area contributed by atoms with E-state index in [0.29, 0.717) is 16.1 Å². The summed E-state index contributed by atoms with van der Waals surface area (Å²) in [5, 5.41) is 0.665. The monoisotopic (exact) mass is 278 g/mol. The second-order valence-electron chi connectivity index (χ2n) is 2.86. The topological polar surface area (TPSA) is 17.1 Å². The summed E-state index contributed by atoms with van der Waals surface area (Å²) in [6.07, 6.45) is 0.227. The lowest BCUT2D eigenvalue weighted by atomic mass is 10.0. The molecule has 14 heavy (non-hydrogen) atoms. The number of Topliss-reactive ketones (excluding diaryl/α,β-unsaturated/α-hetero) is 1. The van der Waals surface area contributed by atoms with Crippen LogP contribution in [0.2, 0.25) is 5.02 Å². The van der Waals surface area contributed by atoms with Gasteiger partial charge in [0.1, 0.15) is 12.5 Å². The average Bonchev–Trinajstić information content (AvgIpc) is 2.18. The summed E-state index contributed by atoms with van der Waals surface area (Å²) < 4.78 is 12.6. The number of alkyl halides is 2. The molecule has 0 amide bonds. The van der Waals surface area contributed by atoms with Crippen LogP contribution >= 0.6 is 27.5 Å². The van der Waals surface area contributed by atoms with E-state index in [2.05, 4.69) is 15.9 Å². The summed E-state index contributed by atoms with van der Waals surface area (Å²) in [7, 11) is 0. The van der Waals surface area contributed by atoms with Gasteiger partial charge in [-0.1, -0.05) is 39.7 Å². The number of carbonyl (C=O) groups is 1. The number of rotatable bonds is 4. The Kier molecular flexibility index (Phi) is 4.55. The molecule has 0 atom stereocenters. The number of benzene rings is 1. The van der Waals surface area contributed by atoms with Crippen LogP contribution in [0.5, 0.6) is 0 Å². The molecule has 1 aromatic carbocycles. The maximum atomic E-state index is 12.6. The first-order valence-electron chi connectivity index (χ1n) is 4.09. The van der Waals surface area contributed by atoms with Gasteiger partial charge in [0.05, 0.1) is 5.33 Å². The van der Waals surface area contributed by atoms with Gasteiger partial charge in [0.2, 0.25) is 0 Å². The normalized spacial score (nSPS) is 10.2. The van der Waals surface area contributed by atoms with Crippen LogP contribution in [0.3, 0.4) is 0 Å². The van der Waals surface area contributed by atoms with Crippen molar-refractivity contribution in [2.75, 3.05) is 5.33 Å². The summed E-state index contributed by atoms with van der Waals surface area (Å²) in [5.74, 6) is 0.0157. The Labute approximate surface area is 95.4 Å². The number of hydrogen-bond acceptors (Lipinski definition) is 1. The Bertz CT molecular complexity index is 341. The second-order valence-corrected chi connectivity index (χ2v) is 3.83. The minimum absolute atomic E-state index is 0.0157. The van der Waals surface area contributed by atoms with E-state index in [-0.39, 0.29) is 17.5 Å². The zero-order chi connectivity index (χ0) is 10.6. The first kappa shape index (κ1) is 11.7. The smallest absolute Gasteiger partial charge is 0.147 e. The van der Waals surface area contributed by atoms with E-state index in [9.17, 15) is 9.18 Å². The number of halogens is 3. The molecule has 1 aromatic rings. The van der Waals surface area contributed by atoms with E-state index >= 15 is 0 Å². The summed E-state index contributed by atoms with van der Waals surface area (Å²) in [5.41, 5.74) is 1.09. The Balaban J connectivity index is 2.96. The first-order chi connectivity index (χ1) is 6.69. The molecule has 0 saturated heterocycles. The van der Waals surface area contributed by atoms with Gasteiger partial charge in [-0.15, -0.1) is 0 Å². The summed E-state index contributed by atoms with van der Waals surface area (Å²) in [6.45, 7) is -0.634. The molecule has 0 heterocycles.